The van der Waals surface area contributed by atoms with Gasteiger partial charge in [0.2, 0.25) is 0 Å². The highest BCUT2D eigenvalue weighted by atomic mass is 32.1. The Bertz CT molecular complexity index is 628. The van der Waals surface area contributed by atoms with Gasteiger partial charge in [-0.15, -0.1) is 11.3 Å². The summed E-state index contributed by atoms with van der Waals surface area (Å²) in [7, 11) is 3.36. The quantitative estimate of drug-likeness (QED) is 0.943. The molecule has 2 aromatic rings. The number of anilines is 1. The van der Waals surface area contributed by atoms with Crippen molar-refractivity contribution in [2.75, 3.05) is 19.5 Å². The van der Waals surface area contributed by atoms with E-state index in [0.717, 1.165) is 22.6 Å². The number of thiazole rings is 1. The van der Waals surface area contributed by atoms with E-state index in [1.165, 1.54) is 11.3 Å². The third kappa shape index (κ3) is 3.49. The summed E-state index contributed by atoms with van der Waals surface area (Å²) in [5.41, 5.74) is 2.74. The lowest BCUT2D eigenvalue weighted by atomic mass is 10.1. The molecule has 6 nitrogen and oxygen atoms in total. The molecule has 2 aromatic heterocycles. The largest absolute Gasteiger partial charge is 0.496 e. The van der Waals surface area contributed by atoms with E-state index in [0.29, 0.717) is 11.7 Å². The number of rotatable bonds is 4. The van der Waals surface area contributed by atoms with Crippen molar-refractivity contribution in [1.82, 2.24) is 14.9 Å². The summed E-state index contributed by atoms with van der Waals surface area (Å²) in [6.45, 7) is 4.29. The van der Waals surface area contributed by atoms with E-state index in [-0.39, 0.29) is 6.03 Å². The summed E-state index contributed by atoms with van der Waals surface area (Å²) in [4.78, 5) is 22.0. The van der Waals surface area contributed by atoms with Crippen LogP contribution in [0.4, 0.5) is 9.93 Å². The summed E-state index contributed by atoms with van der Waals surface area (Å²) in [6, 6.07) is -0.217. The predicted molar refractivity (Wildman–Crippen MR) is 82.9 cm³/mol. The lowest BCUT2D eigenvalue weighted by Gasteiger charge is -2.19. The van der Waals surface area contributed by atoms with Gasteiger partial charge in [-0.1, -0.05) is 0 Å². The number of nitrogens with one attached hydrogen (secondary N) is 1. The Hall–Kier alpha value is -2.15. The first-order valence-corrected chi connectivity index (χ1v) is 7.31. The molecule has 0 aliphatic carbocycles. The van der Waals surface area contributed by atoms with Gasteiger partial charge in [-0.2, -0.15) is 0 Å². The van der Waals surface area contributed by atoms with E-state index in [1.54, 1.807) is 31.5 Å². The van der Waals surface area contributed by atoms with Crippen molar-refractivity contribution in [3.05, 3.63) is 34.6 Å². The van der Waals surface area contributed by atoms with Crippen LogP contribution in [0.5, 0.6) is 5.75 Å². The minimum atomic E-state index is -0.217. The number of aromatic nitrogens is 2. The van der Waals surface area contributed by atoms with Gasteiger partial charge < -0.3 is 9.64 Å². The van der Waals surface area contributed by atoms with E-state index in [9.17, 15) is 4.79 Å². The number of nitrogens with zero attached hydrogens (tertiary/aromatic N) is 3. The number of ether oxygens (including phenoxy) is 1. The fourth-order valence-corrected chi connectivity index (χ4v) is 2.52. The monoisotopic (exact) mass is 306 g/mol. The second-order valence-electron chi connectivity index (χ2n) is 4.67. The number of hydrogen-bond donors (Lipinski definition) is 1. The van der Waals surface area contributed by atoms with Gasteiger partial charge >= 0.3 is 6.03 Å². The molecule has 21 heavy (non-hydrogen) atoms. The zero-order valence-electron chi connectivity index (χ0n) is 12.5. The highest BCUT2D eigenvalue weighted by Gasteiger charge is 2.15. The van der Waals surface area contributed by atoms with Gasteiger partial charge in [0.1, 0.15) is 5.75 Å². The first kappa shape index (κ1) is 15.2. The van der Waals surface area contributed by atoms with Crippen molar-refractivity contribution in [3.63, 3.8) is 0 Å². The van der Waals surface area contributed by atoms with Crippen LogP contribution in [-0.2, 0) is 6.54 Å². The summed E-state index contributed by atoms with van der Waals surface area (Å²) in [6.07, 6.45) is 3.41. The van der Waals surface area contributed by atoms with Crippen LogP contribution in [0.2, 0.25) is 0 Å². The van der Waals surface area contributed by atoms with Crippen molar-refractivity contribution >= 4 is 22.5 Å². The van der Waals surface area contributed by atoms with Crippen LogP contribution in [0, 0.1) is 13.8 Å². The Morgan fingerprint density at radius 1 is 1.43 bits per heavy atom. The molecular formula is C14H18N4O2S. The van der Waals surface area contributed by atoms with E-state index >= 15 is 0 Å². The van der Waals surface area contributed by atoms with Crippen molar-refractivity contribution in [1.29, 1.82) is 0 Å². The van der Waals surface area contributed by atoms with Crippen LogP contribution in [0.1, 0.15) is 16.8 Å². The van der Waals surface area contributed by atoms with Gasteiger partial charge in [0, 0.05) is 35.9 Å². The number of methoxy groups -OCH3 is 1. The Kier molecular flexibility index (Phi) is 4.74. The first-order chi connectivity index (χ1) is 10.0. The van der Waals surface area contributed by atoms with Crippen LogP contribution >= 0.6 is 11.3 Å². The zero-order chi connectivity index (χ0) is 15.4. The number of aryl methyl sites for hydroxylation is 1. The summed E-state index contributed by atoms with van der Waals surface area (Å²) < 4.78 is 5.38. The number of carbonyl (C=O) groups is 1. The van der Waals surface area contributed by atoms with Gasteiger partial charge in [0.15, 0.2) is 5.13 Å². The molecule has 0 bridgehead atoms. The van der Waals surface area contributed by atoms with Gasteiger partial charge in [-0.3, -0.25) is 10.3 Å². The van der Waals surface area contributed by atoms with Gasteiger partial charge in [0.05, 0.1) is 19.3 Å². The minimum absolute atomic E-state index is 0.217. The molecule has 0 fully saturated rings. The predicted octanol–water partition coefficient (Wildman–Crippen LogP) is 2.83. The molecule has 0 radical (unpaired) electrons. The minimum Gasteiger partial charge on any atom is -0.496 e. The maximum atomic E-state index is 12.1. The zero-order valence-corrected chi connectivity index (χ0v) is 13.3. The van der Waals surface area contributed by atoms with Crippen molar-refractivity contribution in [3.8, 4) is 5.75 Å². The number of hydrogen-bond acceptors (Lipinski definition) is 5. The lowest BCUT2D eigenvalue weighted by molar-refractivity contribution is 0.220. The molecule has 0 unspecified atom stereocenters. The highest BCUT2D eigenvalue weighted by molar-refractivity contribution is 7.13. The first-order valence-electron chi connectivity index (χ1n) is 6.43. The Morgan fingerprint density at radius 3 is 2.81 bits per heavy atom. The summed E-state index contributed by atoms with van der Waals surface area (Å²) in [5, 5.41) is 5.13. The van der Waals surface area contributed by atoms with E-state index in [2.05, 4.69) is 15.3 Å². The molecule has 112 valence electrons. The van der Waals surface area contributed by atoms with E-state index < -0.39 is 0 Å². The average Bonchev–Trinajstić information content (AvgIpc) is 2.95. The fourth-order valence-electron chi connectivity index (χ4n) is 2.00. The van der Waals surface area contributed by atoms with Crippen LogP contribution in [0.15, 0.2) is 17.8 Å². The van der Waals surface area contributed by atoms with Crippen molar-refractivity contribution in [2.45, 2.75) is 20.4 Å². The van der Waals surface area contributed by atoms with Gasteiger partial charge in [-0.05, 0) is 13.8 Å². The van der Waals surface area contributed by atoms with Gasteiger partial charge in [0.25, 0.3) is 0 Å². The number of urea groups is 1. The maximum absolute atomic E-state index is 12.1. The van der Waals surface area contributed by atoms with E-state index in [4.69, 9.17) is 4.74 Å². The topological polar surface area (TPSA) is 67.3 Å². The smallest absolute Gasteiger partial charge is 0.323 e. The number of carbonyl (C=O) groups excluding carboxylic acids is 1. The molecule has 0 aliphatic rings. The fraction of sp³-hybridized carbons (Fsp3) is 0.357. The van der Waals surface area contributed by atoms with Gasteiger partial charge in [-0.25, -0.2) is 9.78 Å². The second kappa shape index (κ2) is 6.53. The van der Waals surface area contributed by atoms with Crippen molar-refractivity contribution < 1.29 is 9.53 Å². The van der Waals surface area contributed by atoms with Crippen LogP contribution < -0.4 is 10.1 Å². The van der Waals surface area contributed by atoms with Crippen molar-refractivity contribution in [2.24, 2.45) is 0 Å². The molecule has 0 aliphatic heterocycles. The van der Waals surface area contributed by atoms with Crippen LogP contribution in [-0.4, -0.2) is 35.1 Å². The summed E-state index contributed by atoms with van der Waals surface area (Å²) >= 11 is 1.38. The lowest BCUT2D eigenvalue weighted by Crippen LogP contribution is -2.31. The molecule has 0 saturated carbocycles. The third-order valence-corrected chi connectivity index (χ3v) is 3.82. The highest BCUT2D eigenvalue weighted by Crippen LogP contribution is 2.24. The SMILES string of the molecule is COc1c(C)cnc(CN(C)C(=O)Nc2nccs2)c1C. The molecule has 0 atom stereocenters. The van der Waals surface area contributed by atoms with E-state index in [1.807, 2.05) is 19.2 Å². The van der Waals surface area contributed by atoms with Crippen LogP contribution in [0.3, 0.4) is 0 Å². The number of amides is 2. The molecule has 0 aromatic carbocycles. The Balaban J connectivity index is 2.09. The third-order valence-electron chi connectivity index (χ3n) is 3.13. The standard InChI is InChI=1S/C14H18N4O2S/c1-9-7-16-11(10(2)12(9)20-4)8-18(3)14(19)17-13-15-5-6-21-13/h5-7H,8H2,1-4H3,(H,15,17,19). The second-order valence-corrected chi connectivity index (χ2v) is 5.56. The molecule has 7 heteroatoms. The molecule has 0 spiro atoms. The average molecular weight is 306 g/mol. The summed E-state index contributed by atoms with van der Waals surface area (Å²) in [5.74, 6) is 0.814. The number of pyridine rings is 1. The molecule has 0 saturated heterocycles. The molecule has 2 rings (SSSR count). The Morgan fingerprint density at radius 2 is 2.19 bits per heavy atom. The molecule has 2 amide bonds. The molecular weight excluding hydrogens is 288 g/mol. The molecule has 2 heterocycles. The molecule has 1 N–H and O–H groups in total. The Labute approximate surface area is 127 Å². The maximum Gasteiger partial charge on any atom is 0.323 e. The van der Waals surface area contributed by atoms with Crippen LogP contribution in [0.25, 0.3) is 0 Å². The normalized spacial score (nSPS) is 10.3.